The van der Waals surface area contributed by atoms with Crippen molar-refractivity contribution in [2.75, 3.05) is 13.6 Å². The average Bonchev–Trinajstić information content (AvgIpc) is 2.68. The van der Waals surface area contributed by atoms with Gasteiger partial charge in [0.15, 0.2) is 0 Å². The highest BCUT2D eigenvalue weighted by molar-refractivity contribution is 5.85. The molecular weight excluding hydrogens is 206 g/mol. The Hall–Kier alpha value is -1.32. The molecule has 1 saturated carbocycles. The molecule has 0 bridgehead atoms. The Bertz CT molecular complexity index is 293. The minimum Gasteiger partial charge on any atom is -0.481 e. The molecule has 4 nitrogen and oxygen atoms in total. The molecule has 0 radical (unpaired) electrons. The maximum atomic E-state index is 11.8. The second kappa shape index (κ2) is 5.14. The van der Waals surface area contributed by atoms with Crippen molar-refractivity contribution < 1.29 is 14.7 Å². The van der Waals surface area contributed by atoms with Gasteiger partial charge in [0.1, 0.15) is 0 Å². The molecule has 1 fully saturated rings. The zero-order chi connectivity index (χ0) is 12.2. The fourth-order valence-electron chi connectivity index (χ4n) is 2.24. The van der Waals surface area contributed by atoms with Crippen molar-refractivity contribution in [3.63, 3.8) is 0 Å². The number of carbonyl (C=O) groups is 2. The summed E-state index contributed by atoms with van der Waals surface area (Å²) in [5, 5.41) is 9.23. The Labute approximate surface area is 95.9 Å². The molecule has 0 heterocycles. The number of rotatable bonds is 5. The van der Waals surface area contributed by atoms with Crippen molar-refractivity contribution in [3.05, 3.63) is 12.7 Å². The number of likely N-dealkylation sites (N-methyl/N-ethyl adjacent to an activating group) is 1. The summed E-state index contributed by atoms with van der Waals surface area (Å²) in [4.78, 5) is 24.6. The summed E-state index contributed by atoms with van der Waals surface area (Å²) in [6.45, 7) is 4.02. The third kappa shape index (κ3) is 2.62. The van der Waals surface area contributed by atoms with Gasteiger partial charge in [0, 0.05) is 20.0 Å². The number of carbonyl (C=O) groups excluding carboxylic acids is 1. The molecule has 1 rings (SSSR count). The lowest BCUT2D eigenvalue weighted by molar-refractivity contribution is -0.153. The van der Waals surface area contributed by atoms with Crippen LogP contribution in [0, 0.1) is 5.41 Å². The fraction of sp³-hybridized carbons (Fsp3) is 0.667. The average molecular weight is 225 g/mol. The van der Waals surface area contributed by atoms with Crippen LogP contribution in [0.2, 0.25) is 0 Å². The minimum atomic E-state index is -0.828. The molecule has 0 saturated heterocycles. The molecule has 0 atom stereocenters. The molecule has 0 unspecified atom stereocenters. The Balaban J connectivity index is 2.66. The Kier molecular flexibility index (Phi) is 4.10. The number of hydrogen-bond acceptors (Lipinski definition) is 2. The standard InChI is InChI=1S/C12H19NO3/c1-3-8-13(2)10(14)9-12(11(15)16)6-4-5-7-12/h3H,1,4-9H2,2H3,(H,15,16). The molecule has 4 heteroatoms. The Morgan fingerprint density at radius 2 is 2.00 bits per heavy atom. The lowest BCUT2D eigenvalue weighted by atomic mass is 9.82. The first-order chi connectivity index (χ1) is 7.52. The zero-order valence-electron chi connectivity index (χ0n) is 9.74. The van der Waals surface area contributed by atoms with Crippen LogP contribution in [0.1, 0.15) is 32.1 Å². The zero-order valence-corrected chi connectivity index (χ0v) is 9.74. The van der Waals surface area contributed by atoms with E-state index in [2.05, 4.69) is 6.58 Å². The second-order valence-corrected chi connectivity index (χ2v) is 4.53. The van der Waals surface area contributed by atoms with Gasteiger partial charge in [-0.25, -0.2) is 0 Å². The van der Waals surface area contributed by atoms with Crippen molar-refractivity contribution in [1.82, 2.24) is 4.90 Å². The minimum absolute atomic E-state index is 0.107. The van der Waals surface area contributed by atoms with E-state index >= 15 is 0 Å². The van der Waals surface area contributed by atoms with E-state index < -0.39 is 11.4 Å². The highest BCUT2D eigenvalue weighted by Crippen LogP contribution is 2.41. The summed E-state index contributed by atoms with van der Waals surface area (Å²) >= 11 is 0. The highest BCUT2D eigenvalue weighted by Gasteiger charge is 2.43. The number of carboxylic acid groups (broad SMARTS) is 1. The number of amides is 1. The van der Waals surface area contributed by atoms with Gasteiger partial charge in [0.2, 0.25) is 5.91 Å². The highest BCUT2D eigenvalue weighted by atomic mass is 16.4. The van der Waals surface area contributed by atoms with E-state index in [0.717, 1.165) is 12.8 Å². The van der Waals surface area contributed by atoms with Crippen molar-refractivity contribution in [1.29, 1.82) is 0 Å². The topological polar surface area (TPSA) is 57.6 Å². The van der Waals surface area contributed by atoms with Gasteiger partial charge >= 0.3 is 5.97 Å². The van der Waals surface area contributed by atoms with Crippen LogP contribution in [0.25, 0.3) is 0 Å². The molecule has 16 heavy (non-hydrogen) atoms. The Morgan fingerprint density at radius 1 is 1.44 bits per heavy atom. The first-order valence-electron chi connectivity index (χ1n) is 5.60. The maximum Gasteiger partial charge on any atom is 0.310 e. The lowest BCUT2D eigenvalue weighted by Gasteiger charge is -2.25. The second-order valence-electron chi connectivity index (χ2n) is 4.53. The molecule has 1 aliphatic carbocycles. The van der Waals surface area contributed by atoms with Crippen LogP contribution in [0.5, 0.6) is 0 Å². The van der Waals surface area contributed by atoms with Crippen LogP contribution in [0.3, 0.4) is 0 Å². The molecule has 1 aliphatic rings. The van der Waals surface area contributed by atoms with Crippen molar-refractivity contribution >= 4 is 11.9 Å². The van der Waals surface area contributed by atoms with E-state index in [1.807, 2.05) is 0 Å². The number of hydrogen-bond donors (Lipinski definition) is 1. The van der Waals surface area contributed by atoms with Crippen LogP contribution >= 0.6 is 0 Å². The van der Waals surface area contributed by atoms with E-state index in [-0.39, 0.29) is 12.3 Å². The molecule has 1 N–H and O–H groups in total. The van der Waals surface area contributed by atoms with Crippen LogP contribution < -0.4 is 0 Å². The van der Waals surface area contributed by atoms with Crippen LogP contribution in [-0.4, -0.2) is 35.5 Å². The van der Waals surface area contributed by atoms with Gasteiger partial charge in [0.25, 0.3) is 0 Å². The van der Waals surface area contributed by atoms with Crippen molar-refractivity contribution in [2.24, 2.45) is 5.41 Å². The molecule has 0 aromatic carbocycles. The summed E-state index contributed by atoms with van der Waals surface area (Å²) in [6, 6.07) is 0. The summed E-state index contributed by atoms with van der Waals surface area (Å²) in [5.74, 6) is -0.936. The number of nitrogens with zero attached hydrogens (tertiary/aromatic N) is 1. The van der Waals surface area contributed by atoms with E-state index in [1.165, 1.54) is 4.90 Å². The predicted molar refractivity (Wildman–Crippen MR) is 61.0 cm³/mol. The third-order valence-electron chi connectivity index (χ3n) is 3.33. The SMILES string of the molecule is C=CCN(C)C(=O)CC1(C(=O)O)CCCC1. The van der Waals surface area contributed by atoms with Gasteiger partial charge in [0.05, 0.1) is 5.41 Å². The van der Waals surface area contributed by atoms with Gasteiger partial charge in [-0.2, -0.15) is 0 Å². The van der Waals surface area contributed by atoms with Gasteiger partial charge in [-0.1, -0.05) is 18.9 Å². The van der Waals surface area contributed by atoms with E-state index in [0.29, 0.717) is 19.4 Å². The summed E-state index contributed by atoms with van der Waals surface area (Å²) in [7, 11) is 1.68. The molecule has 90 valence electrons. The normalized spacial score (nSPS) is 18.1. The molecule has 1 amide bonds. The Morgan fingerprint density at radius 3 is 2.44 bits per heavy atom. The predicted octanol–water partition coefficient (Wildman–Crippen LogP) is 1.67. The smallest absolute Gasteiger partial charge is 0.310 e. The molecule has 0 aliphatic heterocycles. The van der Waals surface area contributed by atoms with Crippen molar-refractivity contribution in [3.8, 4) is 0 Å². The monoisotopic (exact) mass is 225 g/mol. The summed E-state index contributed by atoms with van der Waals surface area (Å²) in [6.07, 6.45) is 4.81. The first kappa shape index (κ1) is 12.7. The van der Waals surface area contributed by atoms with Gasteiger partial charge < -0.3 is 10.0 Å². The third-order valence-corrected chi connectivity index (χ3v) is 3.33. The quantitative estimate of drug-likeness (QED) is 0.724. The first-order valence-corrected chi connectivity index (χ1v) is 5.60. The molecule has 0 aromatic rings. The largest absolute Gasteiger partial charge is 0.481 e. The fourth-order valence-corrected chi connectivity index (χ4v) is 2.24. The number of aliphatic carboxylic acids is 1. The van der Waals surface area contributed by atoms with E-state index in [1.54, 1.807) is 13.1 Å². The summed E-state index contributed by atoms with van der Waals surface area (Å²) < 4.78 is 0. The lowest BCUT2D eigenvalue weighted by Crippen LogP contribution is -2.36. The van der Waals surface area contributed by atoms with Crippen LogP contribution in [0.15, 0.2) is 12.7 Å². The molecule has 0 spiro atoms. The molecule has 0 aromatic heterocycles. The van der Waals surface area contributed by atoms with Crippen LogP contribution in [-0.2, 0) is 9.59 Å². The van der Waals surface area contributed by atoms with E-state index in [4.69, 9.17) is 0 Å². The van der Waals surface area contributed by atoms with E-state index in [9.17, 15) is 14.7 Å². The van der Waals surface area contributed by atoms with Gasteiger partial charge in [-0.3, -0.25) is 9.59 Å². The molecular formula is C12H19NO3. The van der Waals surface area contributed by atoms with Gasteiger partial charge in [-0.05, 0) is 12.8 Å². The van der Waals surface area contributed by atoms with Crippen molar-refractivity contribution in [2.45, 2.75) is 32.1 Å². The van der Waals surface area contributed by atoms with Crippen LogP contribution in [0.4, 0.5) is 0 Å². The maximum absolute atomic E-state index is 11.8. The summed E-state index contributed by atoms with van der Waals surface area (Å²) in [5.41, 5.74) is -0.813. The number of carboxylic acids is 1. The van der Waals surface area contributed by atoms with Gasteiger partial charge in [-0.15, -0.1) is 6.58 Å².